The van der Waals surface area contributed by atoms with Crippen molar-refractivity contribution in [1.82, 2.24) is 59.1 Å². The van der Waals surface area contributed by atoms with Gasteiger partial charge in [-0.3, -0.25) is 29.4 Å². The van der Waals surface area contributed by atoms with Gasteiger partial charge in [0.2, 0.25) is 20.0 Å². The highest BCUT2D eigenvalue weighted by Gasteiger charge is 2.58. The molecule has 6 amide bonds. The number of fused-ring (bicyclic) bond motifs is 3. The highest BCUT2D eigenvalue weighted by atomic mass is 32.2. The maximum atomic E-state index is 12.9. The number of nitrogens with zero attached hydrogens (tertiary/aromatic N) is 8. The van der Waals surface area contributed by atoms with E-state index in [-0.39, 0.29) is 56.1 Å². The number of imidazole rings is 2. The molecule has 30 nitrogen and oxygen atoms in total. The van der Waals surface area contributed by atoms with Crippen molar-refractivity contribution in [1.29, 1.82) is 0 Å². The number of nitrogens with one attached hydrogen (secondary N) is 8. The first-order valence-corrected chi connectivity index (χ1v) is 31.0. The standard InChI is InChI=1S/C28H36N8O7S.C25H32N8O7S/c1-4-29-25(37)21-20-22(43-28(2,3)42-20)26(41-21)36-15-32-19-23(30-14-31-24(19)36)34-27(38)33-16-10-12-18(13-11-16)44(39,40)35-17-8-6-5-7-9-17;1-2-26-23(36)20-18(34)19(35)24(40-20)33-13-29-17-21(27-12-28-22(17)33)31-25(37)30-14-8-10-16(11-9-14)41(38,39)32-15-6-4-3-5-7-15/h10-15,17,20-22,26,35H,4-9H2,1-3H3,(H,29,37)(H2,30,31,33,34,38);8-13,15,18-20,24,32,34-35H,2-7H2,1H3,(H,26,36)(H2,27,28,30,31,37)/t20-,21+,22-,26-;18-,19+,20-,24+/m10/s1. The minimum absolute atomic E-state index is 0.0513. The van der Waals surface area contributed by atoms with Gasteiger partial charge in [0.25, 0.3) is 11.8 Å². The van der Waals surface area contributed by atoms with Crippen LogP contribution in [0.5, 0.6) is 0 Å². The fourth-order valence-corrected chi connectivity index (χ4v) is 13.5. The molecule has 3 aliphatic heterocycles. The number of carbonyl (C=O) groups excluding carboxylic acids is 4. The van der Waals surface area contributed by atoms with E-state index in [0.717, 1.165) is 64.2 Å². The number of sulfonamides is 2. The molecule has 0 bridgehead atoms. The molecule has 2 aliphatic carbocycles. The second kappa shape index (κ2) is 25.7. The SMILES string of the molecule is CCNC(=O)[C@H]1O[C@@H](n2cnc3c(NC(=O)Nc4ccc(S(=O)(=O)NC5CCCCC5)cc4)ncnc32)[C@@H]2OC(C)(C)O[C@@H]21.CCNC(=O)[C@H]1O[C@@H](n2cnc3c(NC(=O)Nc4ccc(S(=O)(=O)NC5CCCCC5)cc4)ncnc32)[C@H](O)[C@@H]1O. The number of benzene rings is 2. The summed E-state index contributed by atoms with van der Waals surface area (Å²) in [6, 6.07) is 10.3. The zero-order valence-electron chi connectivity index (χ0n) is 46.9. The van der Waals surface area contributed by atoms with E-state index in [9.17, 15) is 46.2 Å². The number of aliphatic hydroxyl groups is 2. The molecule has 4 aromatic heterocycles. The van der Waals surface area contributed by atoms with E-state index in [0.29, 0.717) is 30.1 Å². The summed E-state index contributed by atoms with van der Waals surface area (Å²) >= 11 is 0. The average Bonchev–Trinajstić information content (AvgIpc) is 1.72. The quantitative estimate of drug-likeness (QED) is 0.0663. The molecule has 32 heteroatoms. The summed E-state index contributed by atoms with van der Waals surface area (Å²) in [6.07, 6.45) is 6.49. The number of carbonyl (C=O) groups is 4. The van der Waals surface area contributed by atoms with Crippen molar-refractivity contribution in [3.8, 4) is 0 Å². The number of hydrogen-bond donors (Lipinski definition) is 10. The molecule has 2 aromatic carbocycles. The smallest absolute Gasteiger partial charge is 0.324 e. The van der Waals surface area contributed by atoms with Crippen LogP contribution in [0, 0.1) is 0 Å². The first-order valence-electron chi connectivity index (χ1n) is 28.1. The van der Waals surface area contributed by atoms with E-state index >= 15 is 0 Å². The van der Waals surface area contributed by atoms with Crippen molar-refractivity contribution in [2.45, 2.75) is 169 Å². The fourth-order valence-electron chi connectivity index (χ4n) is 10.9. The van der Waals surface area contributed by atoms with Crippen LogP contribution in [-0.2, 0) is 48.6 Å². The summed E-state index contributed by atoms with van der Waals surface area (Å²) in [5.41, 5.74) is 1.73. The summed E-state index contributed by atoms with van der Waals surface area (Å²) in [6.45, 7) is 7.84. The molecule has 6 aromatic rings. The summed E-state index contributed by atoms with van der Waals surface area (Å²) in [4.78, 5) is 76.2. The predicted molar refractivity (Wildman–Crippen MR) is 304 cm³/mol. The molecule has 5 aliphatic rings. The number of likely N-dealkylation sites (N-methyl/N-ethyl adjacent to an activating group) is 2. The molecule has 2 saturated carbocycles. The second-order valence-electron chi connectivity index (χ2n) is 21.4. The molecular weight excluding hydrogens is 1150 g/mol. The van der Waals surface area contributed by atoms with Crippen LogP contribution in [-0.4, -0.2) is 158 Å². The largest absolute Gasteiger partial charge is 0.387 e. The topological polar surface area (TPSA) is 397 Å². The molecule has 5 fully saturated rings. The van der Waals surface area contributed by atoms with E-state index < -0.39 is 92.9 Å². The lowest BCUT2D eigenvalue weighted by Crippen LogP contribution is -2.42. The Hall–Kier alpha value is -7.40. The van der Waals surface area contributed by atoms with E-state index in [1.807, 2.05) is 6.92 Å². The monoisotopic (exact) mass is 1220 g/mol. The van der Waals surface area contributed by atoms with Crippen LogP contribution in [0.2, 0.25) is 0 Å². The van der Waals surface area contributed by atoms with Gasteiger partial charge in [-0.05, 0) is 102 Å². The number of anilines is 4. The Morgan fingerprint density at radius 3 is 1.44 bits per heavy atom. The average molecular weight is 1220 g/mol. The summed E-state index contributed by atoms with van der Waals surface area (Å²) in [7, 11) is -7.33. The van der Waals surface area contributed by atoms with Crippen LogP contribution in [0.25, 0.3) is 22.3 Å². The van der Waals surface area contributed by atoms with Crippen molar-refractivity contribution < 1.29 is 65.2 Å². The Balaban J connectivity index is 0.000000190. The first kappa shape index (κ1) is 60.7. The fraction of sp³-hybridized carbons (Fsp3) is 0.509. The summed E-state index contributed by atoms with van der Waals surface area (Å²) in [5.74, 6) is -1.61. The predicted octanol–water partition coefficient (Wildman–Crippen LogP) is 3.47. The second-order valence-corrected chi connectivity index (χ2v) is 24.9. The molecule has 0 spiro atoms. The van der Waals surface area contributed by atoms with E-state index in [1.165, 1.54) is 78.4 Å². The third kappa shape index (κ3) is 13.7. The maximum absolute atomic E-state index is 12.9. The van der Waals surface area contributed by atoms with E-state index in [1.54, 1.807) is 25.3 Å². The molecule has 0 unspecified atom stereocenters. The van der Waals surface area contributed by atoms with Gasteiger partial charge in [0.15, 0.2) is 64.4 Å². The third-order valence-electron chi connectivity index (χ3n) is 14.9. The number of hydrogen-bond acceptors (Lipinski definition) is 20. The van der Waals surface area contributed by atoms with E-state index in [4.69, 9.17) is 18.9 Å². The Morgan fingerprint density at radius 2 is 0.976 bits per heavy atom. The molecule has 85 heavy (non-hydrogen) atoms. The molecule has 10 N–H and O–H groups in total. The number of aliphatic hydroxyl groups excluding tert-OH is 2. The Morgan fingerprint density at radius 1 is 0.553 bits per heavy atom. The zero-order chi connectivity index (χ0) is 60.2. The van der Waals surface area contributed by atoms with Crippen molar-refractivity contribution in [3.63, 3.8) is 0 Å². The highest BCUT2D eigenvalue weighted by molar-refractivity contribution is 7.89. The minimum atomic E-state index is -3.67. The van der Waals surface area contributed by atoms with Crippen LogP contribution in [0.4, 0.5) is 32.6 Å². The number of amides is 6. The lowest BCUT2D eigenvalue weighted by Gasteiger charge is -2.24. The van der Waals surface area contributed by atoms with Crippen molar-refractivity contribution >= 4 is 89.3 Å². The molecule has 0 radical (unpaired) electrons. The first-order chi connectivity index (χ1) is 40.7. The summed E-state index contributed by atoms with van der Waals surface area (Å²) < 4.78 is 83.4. The van der Waals surface area contributed by atoms with Gasteiger partial charge in [0.05, 0.1) is 22.4 Å². The van der Waals surface area contributed by atoms with Gasteiger partial charge in [0.1, 0.15) is 37.1 Å². The van der Waals surface area contributed by atoms with Gasteiger partial charge in [0, 0.05) is 36.5 Å². The maximum Gasteiger partial charge on any atom is 0.324 e. The van der Waals surface area contributed by atoms with Crippen molar-refractivity contribution in [2.75, 3.05) is 34.4 Å². The van der Waals surface area contributed by atoms with Gasteiger partial charge >= 0.3 is 12.1 Å². The molecule has 11 rings (SSSR count). The van der Waals surface area contributed by atoms with Gasteiger partial charge < -0.3 is 50.4 Å². The molecule has 3 saturated heterocycles. The minimum Gasteiger partial charge on any atom is -0.387 e. The molecular formula is C53H68N16O14S2. The van der Waals surface area contributed by atoms with Crippen LogP contribution in [0.15, 0.2) is 83.6 Å². The molecule has 7 heterocycles. The van der Waals surface area contributed by atoms with Crippen molar-refractivity contribution in [3.05, 3.63) is 73.8 Å². The zero-order valence-corrected chi connectivity index (χ0v) is 48.5. The number of aromatic nitrogens is 8. The Bertz CT molecular complexity index is 3620. The van der Waals surface area contributed by atoms with Crippen LogP contribution >= 0.6 is 0 Å². The normalized spacial score (nSPS) is 24.3. The lowest BCUT2D eigenvalue weighted by molar-refractivity contribution is -0.197. The number of ether oxygens (including phenoxy) is 4. The van der Waals surface area contributed by atoms with Gasteiger partial charge in [-0.15, -0.1) is 0 Å². The van der Waals surface area contributed by atoms with Gasteiger partial charge in [-0.1, -0.05) is 38.5 Å². The van der Waals surface area contributed by atoms with Crippen LogP contribution < -0.4 is 41.3 Å². The van der Waals surface area contributed by atoms with Crippen molar-refractivity contribution in [2.24, 2.45) is 0 Å². The lowest BCUT2D eigenvalue weighted by atomic mass is 9.96. The van der Waals surface area contributed by atoms with Crippen LogP contribution in [0.3, 0.4) is 0 Å². The highest BCUT2D eigenvalue weighted by Crippen LogP contribution is 2.44. The number of rotatable bonds is 16. The van der Waals surface area contributed by atoms with Crippen LogP contribution in [0.1, 0.15) is 104 Å². The van der Waals surface area contributed by atoms with E-state index in [2.05, 4.69) is 71.2 Å². The van der Waals surface area contributed by atoms with Gasteiger partial charge in [-0.25, -0.2) is 65.8 Å². The third-order valence-corrected chi connectivity index (χ3v) is 18.0. The Labute approximate surface area is 488 Å². The molecule has 456 valence electrons. The Kier molecular flexibility index (Phi) is 18.3. The number of urea groups is 2. The summed E-state index contributed by atoms with van der Waals surface area (Å²) in [5, 5.41) is 36.7. The molecule has 8 atom stereocenters. The van der Waals surface area contributed by atoms with Gasteiger partial charge in [-0.2, -0.15) is 0 Å².